The van der Waals surface area contributed by atoms with E-state index in [0.717, 1.165) is 36.8 Å². The predicted molar refractivity (Wildman–Crippen MR) is 159 cm³/mol. The average molecular weight is 551 g/mol. The molecule has 7 nitrogen and oxygen atoms in total. The van der Waals surface area contributed by atoms with Crippen molar-refractivity contribution in [1.82, 2.24) is 14.3 Å². The average Bonchev–Trinajstić information content (AvgIpc) is 3.19. The van der Waals surface area contributed by atoms with Crippen molar-refractivity contribution < 1.29 is 9.90 Å². The van der Waals surface area contributed by atoms with Gasteiger partial charge in [0.1, 0.15) is 15.8 Å². The van der Waals surface area contributed by atoms with E-state index in [-0.39, 0.29) is 23.6 Å². The Hall–Kier alpha value is -3.01. The van der Waals surface area contributed by atoms with Crippen molar-refractivity contribution >= 4 is 51.7 Å². The van der Waals surface area contributed by atoms with Gasteiger partial charge in [0.15, 0.2) is 0 Å². The molecule has 200 valence electrons. The molecule has 0 bridgehead atoms. The van der Waals surface area contributed by atoms with E-state index in [1.54, 1.807) is 23.2 Å². The van der Waals surface area contributed by atoms with Crippen LogP contribution in [0, 0.1) is 12.8 Å². The molecule has 0 saturated carbocycles. The van der Waals surface area contributed by atoms with Crippen molar-refractivity contribution in [3.63, 3.8) is 0 Å². The number of benzene rings is 1. The van der Waals surface area contributed by atoms with Crippen LogP contribution in [-0.4, -0.2) is 42.7 Å². The first kappa shape index (κ1) is 28.0. The highest BCUT2D eigenvalue weighted by molar-refractivity contribution is 8.26. The van der Waals surface area contributed by atoms with Gasteiger partial charge in [-0.25, -0.2) is 4.98 Å². The Kier molecular flexibility index (Phi) is 9.35. The van der Waals surface area contributed by atoms with E-state index in [1.165, 1.54) is 16.2 Å². The molecule has 1 fully saturated rings. The maximum atomic E-state index is 13.6. The first-order valence-corrected chi connectivity index (χ1v) is 14.3. The fourth-order valence-electron chi connectivity index (χ4n) is 4.53. The molecule has 1 amide bonds. The fraction of sp³-hybridized carbons (Fsp3) is 0.379. The first-order chi connectivity index (χ1) is 18.3. The largest absolute Gasteiger partial charge is 0.387 e. The number of unbranched alkanes of at least 4 members (excludes halogenated alkanes) is 1. The molecule has 2 aromatic heterocycles. The maximum Gasteiger partial charge on any atom is 0.267 e. The Bertz CT molecular complexity index is 1400. The molecule has 1 aliphatic heterocycles. The number of thioether (sulfide) groups is 1. The number of aliphatic hydroxyl groups is 1. The normalized spacial score (nSPS) is 16.4. The summed E-state index contributed by atoms with van der Waals surface area (Å²) in [6.07, 6.45) is 6.72. The van der Waals surface area contributed by atoms with Gasteiger partial charge in [0.25, 0.3) is 11.5 Å². The number of aliphatic hydroxyl groups excluding tert-OH is 1. The zero-order valence-corrected chi connectivity index (χ0v) is 23.6. The zero-order chi connectivity index (χ0) is 27.2. The molecule has 3 heterocycles. The van der Waals surface area contributed by atoms with E-state index in [0.29, 0.717) is 33.2 Å². The molecule has 3 aromatic rings. The van der Waals surface area contributed by atoms with E-state index < -0.39 is 6.10 Å². The number of thiocarbonyl (C=S) groups is 1. The van der Waals surface area contributed by atoms with Crippen molar-refractivity contribution in [2.75, 3.05) is 18.4 Å². The van der Waals surface area contributed by atoms with Crippen molar-refractivity contribution in [1.29, 1.82) is 0 Å². The molecule has 9 heteroatoms. The molecule has 0 aliphatic carbocycles. The van der Waals surface area contributed by atoms with E-state index in [4.69, 9.17) is 17.2 Å². The predicted octanol–water partition coefficient (Wildman–Crippen LogP) is 5.57. The van der Waals surface area contributed by atoms with Gasteiger partial charge < -0.3 is 10.4 Å². The van der Waals surface area contributed by atoms with Gasteiger partial charge in [-0.15, -0.1) is 0 Å². The Morgan fingerprint density at radius 3 is 2.63 bits per heavy atom. The number of aryl methyl sites for hydroxylation is 1. The first-order valence-electron chi connectivity index (χ1n) is 13.1. The summed E-state index contributed by atoms with van der Waals surface area (Å²) in [6, 6.07) is 13.0. The van der Waals surface area contributed by atoms with Crippen molar-refractivity contribution in [3.05, 3.63) is 80.6 Å². The van der Waals surface area contributed by atoms with E-state index in [1.807, 2.05) is 43.3 Å². The zero-order valence-electron chi connectivity index (χ0n) is 22.0. The third-order valence-corrected chi connectivity index (χ3v) is 8.24. The number of pyridine rings is 1. The summed E-state index contributed by atoms with van der Waals surface area (Å²) in [4.78, 5) is 33.8. The summed E-state index contributed by atoms with van der Waals surface area (Å²) in [5, 5.41) is 13.9. The van der Waals surface area contributed by atoms with Crippen LogP contribution in [0.2, 0.25) is 0 Å². The number of aromatic nitrogens is 2. The maximum absolute atomic E-state index is 13.6. The van der Waals surface area contributed by atoms with Crippen LogP contribution in [0.25, 0.3) is 11.7 Å². The van der Waals surface area contributed by atoms with Gasteiger partial charge in [0.2, 0.25) is 0 Å². The lowest BCUT2D eigenvalue weighted by molar-refractivity contribution is -0.122. The Morgan fingerprint density at radius 1 is 1.16 bits per heavy atom. The highest BCUT2D eigenvalue weighted by Crippen LogP contribution is 2.34. The van der Waals surface area contributed by atoms with Gasteiger partial charge in [0, 0.05) is 19.3 Å². The van der Waals surface area contributed by atoms with Crippen LogP contribution in [0.3, 0.4) is 0 Å². The number of carbonyl (C=O) groups excluding carboxylic acids is 1. The van der Waals surface area contributed by atoms with E-state index >= 15 is 0 Å². The Morgan fingerprint density at radius 2 is 1.92 bits per heavy atom. The van der Waals surface area contributed by atoms with E-state index in [9.17, 15) is 14.7 Å². The molecule has 1 aliphatic rings. The summed E-state index contributed by atoms with van der Waals surface area (Å²) in [5.74, 6) is 0.516. The smallest absolute Gasteiger partial charge is 0.267 e. The van der Waals surface area contributed by atoms with Crippen LogP contribution in [0.1, 0.15) is 62.3 Å². The van der Waals surface area contributed by atoms with Crippen LogP contribution in [0.15, 0.2) is 58.4 Å². The van der Waals surface area contributed by atoms with Crippen LogP contribution in [-0.2, 0) is 4.79 Å². The molecular formula is C29H34N4O3S2. The Balaban J connectivity index is 1.68. The summed E-state index contributed by atoms with van der Waals surface area (Å²) in [5.41, 5.74) is 2.07. The second-order valence-electron chi connectivity index (χ2n) is 9.58. The minimum Gasteiger partial charge on any atom is -0.387 e. The highest BCUT2D eigenvalue weighted by atomic mass is 32.2. The lowest BCUT2D eigenvalue weighted by atomic mass is 9.99. The fourth-order valence-corrected chi connectivity index (χ4v) is 5.78. The summed E-state index contributed by atoms with van der Waals surface area (Å²) in [6.45, 7) is 6.92. The number of nitrogens with one attached hydrogen (secondary N) is 1. The number of hydrogen-bond donors (Lipinski definition) is 2. The van der Waals surface area contributed by atoms with Gasteiger partial charge in [-0.1, -0.05) is 93.5 Å². The summed E-state index contributed by atoms with van der Waals surface area (Å²) in [7, 11) is 0. The third kappa shape index (κ3) is 6.17. The molecule has 2 N–H and O–H groups in total. The molecular weight excluding hydrogens is 516 g/mol. The van der Waals surface area contributed by atoms with Gasteiger partial charge in [0.05, 0.1) is 16.6 Å². The Labute approximate surface area is 233 Å². The topological polar surface area (TPSA) is 86.9 Å². The minimum absolute atomic E-state index is 0.149. The van der Waals surface area contributed by atoms with Crippen LogP contribution in [0.4, 0.5) is 5.82 Å². The second kappa shape index (κ2) is 12.7. The molecule has 4 rings (SSSR count). The van der Waals surface area contributed by atoms with Crippen molar-refractivity contribution in [2.24, 2.45) is 5.92 Å². The molecule has 1 saturated heterocycles. The van der Waals surface area contributed by atoms with E-state index in [2.05, 4.69) is 19.2 Å². The standard InChI is InChI=1S/C29H34N4O3S2/c1-4-6-12-20(5-2)18-33-28(36)24(38-29(33)37)16-22-25(30-17-23(34)21-13-8-7-9-14-21)31-26-19(3)11-10-15-32(26)27(22)35/h7-11,13-16,20,23,30,34H,4-6,12,17-18H2,1-3H3/b24-16+. The molecule has 0 radical (unpaired) electrons. The number of anilines is 1. The minimum atomic E-state index is -0.798. The van der Waals surface area contributed by atoms with Crippen LogP contribution in [0.5, 0.6) is 0 Å². The van der Waals surface area contributed by atoms with Gasteiger partial charge in [-0.2, -0.15) is 0 Å². The number of fused-ring (bicyclic) bond motifs is 1. The number of carbonyl (C=O) groups is 1. The van der Waals surface area contributed by atoms with Crippen molar-refractivity contribution in [3.8, 4) is 0 Å². The monoisotopic (exact) mass is 550 g/mol. The number of hydrogen-bond acceptors (Lipinski definition) is 7. The number of rotatable bonds is 11. The lowest BCUT2D eigenvalue weighted by Gasteiger charge is -2.21. The summed E-state index contributed by atoms with van der Waals surface area (Å²) < 4.78 is 1.99. The number of amides is 1. The molecule has 1 aromatic carbocycles. The molecule has 38 heavy (non-hydrogen) atoms. The highest BCUT2D eigenvalue weighted by Gasteiger charge is 2.34. The van der Waals surface area contributed by atoms with Gasteiger partial charge in [-0.05, 0) is 42.5 Å². The van der Waals surface area contributed by atoms with Crippen LogP contribution >= 0.6 is 24.0 Å². The molecule has 2 atom stereocenters. The van der Waals surface area contributed by atoms with Crippen molar-refractivity contribution in [2.45, 2.75) is 52.6 Å². The summed E-state index contributed by atoms with van der Waals surface area (Å²) >= 11 is 6.78. The van der Waals surface area contributed by atoms with Gasteiger partial charge >= 0.3 is 0 Å². The third-order valence-electron chi connectivity index (χ3n) is 6.86. The van der Waals surface area contributed by atoms with Crippen LogP contribution < -0.4 is 10.9 Å². The SMILES string of the molecule is CCCCC(CC)CN1C(=O)/C(=C\c2c(NCC(O)c3ccccc3)nc3c(C)cccn3c2=O)SC1=S. The second-order valence-corrected chi connectivity index (χ2v) is 11.3. The lowest BCUT2D eigenvalue weighted by Crippen LogP contribution is -2.33. The molecule has 0 spiro atoms. The number of nitrogens with zero attached hydrogens (tertiary/aromatic N) is 3. The van der Waals surface area contributed by atoms with Gasteiger partial charge in [-0.3, -0.25) is 18.9 Å². The molecule has 2 unspecified atom stereocenters. The quantitative estimate of drug-likeness (QED) is 0.239.